The van der Waals surface area contributed by atoms with E-state index < -0.39 is 14.0 Å². The van der Waals surface area contributed by atoms with E-state index >= 15 is 0 Å². The first-order valence-electron chi connectivity index (χ1n) is 4.99. The summed E-state index contributed by atoms with van der Waals surface area (Å²) < 4.78 is 10.8. The lowest BCUT2D eigenvalue weighted by atomic mass is 9.97. The summed E-state index contributed by atoms with van der Waals surface area (Å²) in [5.41, 5.74) is 2.26. The van der Waals surface area contributed by atoms with Crippen molar-refractivity contribution in [2.75, 3.05) is 0 Å². The molecule has 0 radical (unpaired) electrons. The van der Waals surface area contributed by atoms with E-state index in [4.69, 9.17) is 10.00 Å². The first-order chi connectivity index (χ1) is 7.54. The van der Waals surface area contributed by atoms with Crippen molar-refractivity contribution in [1.82, 2.24) is 0 Å². The number of aliphatic carboxylic acids is 1. The Bertz CT molecular complexity index is 414. The standard InChI is InChI=1S/C11H13O4P/c1-2-8-4-3-5-9(7-16(14)15)10(8)6-11(12)13/h3-5H,2,6-7H2,1H3,(H-,12,13,14,15)/p+1. The topological polar surface area (TPSA) is 74.6 Å². The van der Waals surface area contributed by atoms with Crippen LogP contribution in [0, 0.1) is 0 Å². The van der Waals surface area contributed by atoms with Crippen LogP contribution in [0.3, 0.4) is 0 Å². The van der Waals surface area contributed by atoms with Gasteiger partial charge in [-0.1, -0.05) is 25.1 Å². The minimum absolute atomic E-state index is 0.0196. The predicted molar refractivity (Wildman–Crippen MR) is 60.7 cm³/mol. The van der Waals surface area contributed by atoms with Crippen LogP contribution < -0.4 is 0 Å². The van der Waals surface area contributed by atoms with Crippen LogP contribution in [0.2, 0.25) is 0 Å². The van der Waals surface area contributed by atoms with E-state index in [-0.39, 0.29) is 12.6 Å². The molecule has 0 aromatic heterocycles. The molecule has 1 aromatic rings. The average Bonchev–Trinajstić information content (AvgIpc) is 2.19. The Labute approximate surface area is 94.8 Å². The van der Waals surface area contributed by atoms with Gasteiger partial charge in [0.05, 0.1) is 6.42 Å². The van der Waals surface area contributed by atoms with Crippen LogP contribution in [0.25, 0.3) is 0 Å². The van der Waals surface area contributed by atoms with Crippen LogP contribution in [0.5, 0.6) is 0 Å². The summed E-state index contributed by atoms with van der Waals surface area (Å²) in [4.78, 5) is 19.6. The van der Waals surface area contributed by atoms with Crippen molar-refractivity contribution in [2.45, 2.75) is 25.9 Å². The van der Waals surface area contributed by atoms with Gasteiger partial charge < -0.3 is 5.11 Å². The van der Waals surface area contributed by atoms with Gasteiger partial charge >= 0.3 is 14.0 Å². The zero-order chi connectivity index (χ0) is 12.1. The van der Waals surface area contributed by atoms with Crippen LogP contribution in [0.1, 0.15) is 23.6 Å². The molecule has 1 atom stereocenters. The quantitative estimate of drug-likeness (QED) is 0.774. The maximum atomic E-state index is 10.8. The molecule has 0 aliphatic carbocycles. The largest absolute Gasteiger partial charge is 0.510 e. The highest BCUT2D eigenvalue weighted by atomic mass is 31.1. The molecule has 0 amide bonds. The van der Waals surface area contributed by atoms with Crippen molar-refractivity contribution in [2.24, 2.45) is 0 Å². The summed E-state index contributed by atoms with van der Waals surface area (Å²) >= 11 is 0. The van der Waals surface area contributed by atoms with Gasteiger partial charge in [0.15, 0.2) is 0 Å². The fraction of sp³-hybridized carbons (Fsp3) is 0.364. The molecule has 5 heteroatoms. The molecule has 0 aliphatic rings. The smallest absolute Gasteiger partial charge is 0.481 e. The van der Waals surface area contributed by atoms with Crippen LogP contribution >= 0.6 is 8.03 Å². The van der Waals surface area contributed by atoms with Crippen molar-refractivity contribution >= 4 is 14.0 Å². The van der Waals surface area contributed by atoms with Gasteiger partial charge in [-0.3, -0.25) is 4.79 Å². The molecule has 0 bridgehead atoms. The number of carbonyl (C=O) groups is 1. The van der Waals surface area contributed by atoms with Gasteiger partial charge in [0.25, 0.3) is 0 Å². The fourth-order valence-electron chi connectivity index (χ4n) is 1.69. The van der Waals surface area contributed by atoms with Gasteiger partial charge in [-0.15, -0.1) is 0 Å². The maximum absolute atomic E-state index is 10.8. The molecule has 0 saturated carbocycles. The molecule has 0 saturated heterocycles. The monoisotopic (exact) mass is 241 g/mol. The number of carboxylic acid groups (broad SMARTS) is 1. The Morgan fingerprint density at radius 3 is 2.50 bits per heavy atom. The second-order valence-corrected chi connectivity index (χ2v) is 4.51. The van der Waals surface area contributed by atoms with Crippen molar-refractivity contribution in [3.63, 3.8) is 0 Å². The Morgan fingerprint density at radius 1 is 1.38 bits per heavy atom. The normalized spacial score (nSPS) is 11.2. The maximum Gasteiger partial charge on any atom is 0.510 e. The molecule has 1 unspecified atom stereocenters. The zero-order valence-electron chi connectivity index (χ0n) is 9.01. The Hall–Kier alpha value is -1.25. The second kappa shape index (κ2) is 5.73. The molecule has 0 spiro atoms. The molecule has 16 heavy (non-hydrogen) atoms. The van der Waals surface area contributed by atoms with E-state index in [2.05, 4.69) is 0 Å². The van der Waals surface area contributed by atoms with E-state index in [9.17, 15) is 9.36 Å². The van der Waals surface area contributed by atoms with Crippen molar-refractivity contribution in [1.29, 1.82) is 0 Å². The zero-order valence-corrected chi connectivity index (χ0v) is 9.91. The average molecular weight is 241 g/mol. The van der Waals surface area contributed by atoms with E-state index in [1.807, 2.05) is 13.0 Å². The first kappa shape index (κ1) is 12.8. The molecule has 2 N–H and O–H groups in total. The second-order valence-electron chi connectivity index (χ2n) is 3.49. The molecule has 86 valence electrons. The fourth-order valence-corrected chi connectivity index (χ4v) is 2.28. The predicted octanol–water partition coefficient (Wildman–Crippen LogP) is 2.11. The lowest BCUT2D eigenvalue weighted by Crippen LogP contribution is -2.06. The Morgan fingerprint density at radius 2 is 2.00 bits per heavy atom. The molecular formula is C11H14O4P+. The summed E-state index contributed by atoms with van der Waals surface area (Å²) in [6.45, 7) is 1.93. The highest BCUT2D eigenvalue weighted by Crippen LogP contribution is 2.26. The molecule has 0 aliphatic heterocycles. The third-order valence-corrected chi connectivity index (χ3v) is 3.00. The molecule has 1 rings (SSSR count). The van der Waals surface area contributed by atoms with Crippen molar-refractivity contribution < 1.29 is 19.4 Å². The number of carboxylic acids is 1. The summed E-state index contributed by atoms with van der Waals surface area (Å²) in [6, 6.07) is 5.35. The number of aryl methyl sites for hydroxylation is 1. The Balaban J connectivity index is 3.14. The van der Waals surface area contributed by atoms with Gasteiger partial charge in [-0.2, -0.15) is 4.89 Å². The van der Waals surface area contributed by atoms with Gasteiger partial charge in [-0.25, -0.2) is 0 Å². The van der Waals surface area contributed by atoms with Gasteiger partial charge in [0, 0.05) is 5.56 Å². The van der Waals surface area contributed by atoms with E-state index in [0.717, 1.165) is 12.0 Å². The number of benzene rings is 1. The molecule has 4 nitrogen and oxygen atoms in total. The minimum atomic E-state index is -2.28. The summed E-state index contributed by atoms with van der Waals surface area (Å²) in [5.74, 6) is -0.921. The van der Waals surface area contributed by atoms with Crippen LogP contribution in [-0.2, 0) is 28.4 Å². The molecule has 0 heterocycles. The van der Waals surface area contributed by atoms with E-state index in [0.29, 0.717) is 11.1 Å². The lowest BCUT2D eigenvalue weighted by Gasteiger charge is -2.08. The summed E-state index contributed by atoms with van der Waals surface area (Å²) in [7, 11) is -2.28. The first-order valence-corrected chi connectivity index (χ1v) is 6.39. The number of hydrogen-bond donors (Lipinski definition) is 2. The molecule has 0 fully saturated rings. The summed E-state index contributed by atoms with van der Waals surface area (Å²) in [5, 5.41) is 8.81. The summed E-state index contributed by atoms with van der Waals surface area (Å²) in [6.07, 6.45) is 0.646. The third-order valence-electron chi connectivity index (χ3n) is 2.38. The van der Waals surface area contributed by atoms with Crippen molar-refractivity contribution in [3.05, 3.63) is 34.9 Å². The third kappa shape index (κ3) is 3.40. The highest BCUT2D eigenvalue weighted by molar-refractivity contribution is 7.37. The molecular weight excluding hydrogens is 227 g/mol. The highest BCUT2D eigenvalue weighted by Gasteiger charge is 2.18. The minimum Gasteiger partial charge on any atom is -0.481 e. The lowest BCUT2D eigenvalue weighted by molar-refractivity contribution is -0.136. The SMILES string of the molecule is CCc1cccc(C[P+](=O)O)c1CC(=O)O. The van der Waals surface area contributed by atoms with E-state index in [1.54, 1.807) is 12.1 Å². The number of rotatable bonds is 5. The Kier molecular flexibility index (Phi) is 4.59. The van der Waals surface area contributed by atoms with Gasteiger partial charge in [0.2, 0.25) is 6.16 Å². The van der Waals surface area contributed by atoms with Crippen LogP contribution in [0.4, 0.5) is 0 Å². The van der Waals surface area contributed by atoms with Gasteiger partial charge in [0.1, 0.15) is 0 Å². The number of hydrogen-bond acceptors (Lipinski definition) is 2. The van der Waals surface area contributed by atoms with E-state index in [1.165, 1.54) is 0 Å². The van der Waals surface area contributed by atoms with Gasteiger partial charge in [-0.05, 0) is 22.1 Å². The van der Waals surface area contributed by atoms with Crippen LogP contribution in [-0.4, -0.2) is 16.0 Å². The van der Waals surface area contributed by atoms with Crippen LogP contribution in [0.15, 0.2) is 18.2 Å². The molecule has 1 aromatic carbocycles. The van der Waals surface area contributed by atoms with Crippen molar-refractivity contribution in [3.8, 4) is 0 Å².